The van der Waals surface area contributed by atoms with Crippen molar-refractivity contribution in [2.24, 2.45) is 0 Å². The number of para-hydroxylation sites is 1. The van der Waals surface area contributed by atoms with Gasteiger partial charge in [0.25, 0.3) is 5.91 Å². The molecule has 2 N–H and O–H groups in total. The number of amides is 1. The number of rotatable bonds is 6. The van der Waals surface area contributed by atoms with Gasteiger partial charge in [-0.3, -0.25) is 4.79 Å². The van der Waals surface area contributed by atoms with E-state index in [1.165, 1.54) is 0 Å². The Kier molecular flexibility index (Phi) is 5.94. The van der Waals surface area contributed by atoms with E-state index in [9.17, 15) is 4.79 Å². The van der Waals surface area contributed by atoms with Crippen LogP contribution in [-0.2, 0) is 6.54 Å². The standard InChI is InChI=1S/C21H20ClN3O2/c1-14-17(22)7-5-8-18(14)25-21(26)19-11-10-16(13-24-19)23-12-15-6-3-4-9-20(15)27-2/h3-11,13,23H,12H2,1-2H3,(H,25,26). The molecule has 5 nitrogen and oxygen atoms in total. The van der Waals surface area contributed by atoms with Crippen molar-refractivity contribution >= 4 is 28.9 Å². The summed E-state index contributed by atoms with van der Waals surface area (Å²) in [6.07, 6.45) is 1.63. The molecule has 0 unspecified atom stereocenters. The second kappa shape index (κ2) is 8.56. The maximum Gasteiger partial charge on any atom is 0.274 e. The Hall–Kier alpha value is -3.05. The quantitative estimate of drug-likeness (QED) is 0.636. The number of methoxy groups -OCH3 is 1. The van der Waals surface area contributed by atoms with Crippen LogP contribution in [0, 0.1) is 6.92 Å². The van der Waals surface area contributed by atoms with E-state index in [0.29, 0.717) is 22.9 Å². The largest absolute Gasteiger partial charge is 0.496 e. The molecular weight excluding hydrogens is 362 g/mol. The SMILES string of the molecule is COc1ccccc1CNc1ccc(C(=O)Nc2cccc(Cl)c2C)nc1. The third kappa shape index (κ3) is 4.57. The van der Waals surface area contributed by atoms with Gasteiger partial charge in [-0.15, -0.1) is 0 Å². The van der Waals surface area contributed by atoms with Gasteiger partial charge in [0.2, 0.25) is 0 Å². The van der Waals surface area contributed by atoms with Crippen molar-refractivity contribution in [3.05, 3.63) is 82.6 Å². The van der Waals surface area contributed by atoms with E-state index < -0.39 is 0 Å². The van der Waals surface area contributed by atoms with Crippen molar-refractivity contribution in [3.8, 4) is 5.75 Å². The van der Waals surface area contributed by atoms with Crippen molar-refractivity contribution in [3.63, 3.8) is 0 Å². The number of hydrogen-bond acceptors (Lipinski definition) is 4. The maximum absolute atomic E-state index is 12.4. The average molecular weight is 382 g/mol. The summed E-state index contributed by atoms with van der Waals surface area (Å²) >= 11 is 6.09. The molecule has 1 aromatic heterocycles. The first-order chi connectivity index (χ1) is 13.1. The average Bonchev–Trinajstić information content (AvgIpc) is 2.70. The van der Waals surface area contributed by atoms with Crippen LogP contribution in [0.25, 0.3) is 0 Å². The molecule has 0 spiro atoms. The number of aromatic nitrogens is 1. The summed E-state index contributed by atoms with van der Waals surface area (Å²) < 4.78 is 5.34. The number of hydrogen-bond donors (Lipinski definition) is 2. The molecule has 0 aliphatic heterocycles. The lowest BCUT2D eigenvalue weighted by Gasteiger charge is -2.11. The number of ether oxygens (including phenoxy) is 1. The summed E-state index contributed by atoms with van der Waals surface area (Å²) in [5, 5.41) is 6.72. The second-order valence-corrected chi connectivity index (χ2v) is 6.37. The fourth-order valence-corrected chi connectivity index (χ4v) is 2.78. The van der Waals surface area contributed by atoms with Gasteiger partial charge in [0.1, 0.15) is 11.4 Å². The third-order valence-electron chi connectivity index (χ3n) is 4.19. The van der Waals surface area contributed by atoms with Gasteiger partial charge in [-0.05, 0) is 42.8 Å². The van der Waals surface area contributed by atoms with Gasteiger partial charge in [0.05, 0.1) is 19.0 Å². The number of anilines is 2. The summed E-state index contributed by atoms with van der Waals surface area (Å²) in [5.74, 6) is 0.544. The topological polar surface area (TPSA) is 63.2 Å². The molecule has 0 bridgehead atoms. The summed E-state index contributed by atoms with van der Waals surface area (Å²) in [7, 11) is 1.65. The lowest BCUT2D eigenvalue weighted by molar-refractivity contribution is 0.102. The van der Waals surface area contributed by atoms with Crippen LogP contribution in [0.5, 0.6) is 5.75 Å². The van der Waals surface area contributed by atoms with Gasteiger partial charge in [-0.2, -0.15) is 0 Å². The molecule has 2 aromatic carbocycles. The number of benzene rings is 2. The normalized spacial score (nSPS) is 10.3. The molecule has 138 valence electrons. The number of pyridine rings is 1. The second-order valence-electron chi connectivity index (χ2n) is 5.96. The van der Waals surface area contributed by atoms with Gasteiger partial charge < -0.3 is 15.4 Å². The highest BCUT2D eigenvalue weighted by Gasteiger charge is 2.10. The van der Waals surface area contributed by atoms with Gasteiger partial charge in [-0.25, -0.2) is 4.98 Å². The number of carbonyl (C=O) groups excluding carboxylic acids is 1. The molecule has 0 saturated carbocycles. The van der Waals surface area contributed by atoms with E-state index in [0.717, 1.165) is 22.6 Å². The predicted molar refractivity (Wildman–Crippen MR) is 109 cm³/mol. The van der Waals surface area contributed by atoms with Crippen LogP contribution >= 0.6 is 11.6 Å². The van der Waals surface area contributed by atoms with E-state index in [1.807, 2.05) is 43.3 Å². The van der Waals surface area contributed by atoms with Crippen LogP contribution in [0.2, 0.25) is 5.02 Å². The zero-order valence-corrected chi connectivity index (χ0v) is 15.9. The lowest BCUT2D eigenvalue weighted by atomic mass is 10.2. The van der Waals surface area contributed by atoms with E-state index in [-0.39, 0.29) is 5.91 Å². The van der Waals surface area contributed by atoms with Crippen LogP contribution in [0.15, 0.2) is 60.8 Å². The Bertz CT molecular complexity index is 942. The van der Waals surface area contributed by atoms with E-state index in [1.54, 1.807) is 31.5 Å². The molecule has 0 aliphatic rings. The lowest BCUT2D eigenvalue weighted by Crippen LogP contribution is -2.14. The molecule has 0 saturated heterocycles. The van der Waals surface area contributed by atoms with E-state index in [4.69, 9.17) is 16.3 Å². The zero-order chi connectivity index (χ0) is 19.2. The monoisotopic (exact) mass is 381 g/mol. The minimum absolute atomic E-state index is 0.281. The van der Waals surface area contributed by atoms with Crippen molar-refractivity contribution in [1.29, 1.82) is 0 Å². The molecule has 0 aliphatic carbocycles. The summed E-state index contributed by atoms with van der Waals surface area (Å²) in [5.41, 5.74) is 3.68. The zero-order valence-electron chi connectivity index (χ0n) is 15.1. The highest BCUT2D eigenvalue weighted by atomic mass is 35.5. The Morgan fingerprint density at radius 3 is 2.67 bits per heavy atom. The third-order valence-corrected chi connectivity index (χ3v) is 4.60. The van der Waals surface area contributed by atoms with Crippen molar-refractivity contribution in [2.45, 2.75) is 13.5 Å². The molecular formula is C21H20ClN3O2. The van der Waals surface area contributed by atoms with Gasteiger partial charge in [-0.1, -0.05) is 35.9 Å². The van der Waals surface area contributed by atoms with Crippen LogP contribution < -0.4 is 15.4 Å². The first kappa shape index (κ1) is 18.7. The van der Waals surface area contributed by atoms with Gasteiger partial charge >= 0.3 is 0 Å². The van der Waals surface area contributed by atoms with Crippen LogP contribution in [-0.4, -0.2) is 18.0 Å². The molecule has 1 amide bonds. The number of halogens is 1. The van der Waals surface area contributed by atoms with Gasteiger partial charge in [0, 0.05) is 22.8 Å². The fraction of sp³-hybridized carbons (Fsp3) is 0.143. The molecule has 1 heterocycles. The smallest absolute Gasteiger partial charge is 0.274 e. The molecule has 0 radical (unpaired) electrons. The number of nitrogens with one attached hydrogen (secondary N) is 2. The van der Waals surface area contributed by atoms with Crippen molar-refractivity contribution in [1.82, 2.24) is 4.98 Å². The molecule has 6 heteroatoms. The van der Waals surface area contributed by atoms with E-state index in [2.05, 4.69) is 15.6 Å². The van der Waals surface area contributed by atoms with E-state index >= 15 is 0 Å². The first-order valence-electron chi connectivity index (χ1n) is 8.47. The highest BCUT2D eigenvalue weighted by Crippen LogP contribution is 2.23. The van der Waals surface area contributed by atoms with Crippen LogP contribution in [0.1, 0.15) is 21.6 Å². The number of nitrogens with zero attached hydrogens (tertiary/aromatic N) is 1. The Morgan fingerprint density at radius 2 is 1.93 bits per heavy atom. The number of carbonyl (C=O) groups is 1. The highest BCUT2D eigenvalue weighted by molar-refractivity contribution is 6.31. The van der Waals surface area contributed by atoms with Gasteiger partial charge in [0.15, 0.2) is 0 Å². The Morgan fingerprint density at radius 1 is 1.11 bits per heavy atom. The molecule has 0 atom stereocenters. The van der Waals surface area contributed by atoms with Crippen molar-refractivity contribution < 1.29 is 9.53 Å². The summed E-state index contributed by atoms with van der Waals surface area (Å²) in [6, 6.07) is 16.7. The minimum Gasteiger partial charge on any atom is -0.496 e. The molecule has 3 rings (SSSR count). The molecule has 3 aromatic rings. The predicted octanol–water partition coefficient (Wildman–Crippen LogP) is 4.92. The Balaban J connectivity index is 1.64. The van der Waals surface area contributed by atoms with Crippen molar-refractivity contribution in [2.75, 3.05) is 17.7 Å². The first-order valence-corrected chi connectivity index (χ1v) is 8.84. The molecule has 27 heavy (non-hydrogen) atoms. The Labute approximate surface area is 163 Å². The maximum atomic E-state index is 12.4. The fourth-order valence-electron chi connectivity index (χ4n) is 2.61. The van der Waals surface area contributed by atoms with Crippen LogP contribution in [0.3, 0.4) is 0 Å². The minimum atomic E-state index is -0.281. The molecule has 0 fully saturated rings. The summed E-state index contributed by atoms with van der Waals surface area (Å²) in [6.45, 7) is 2.45. The van der Waals surface area contributed by atoms with Crippen LogP contribution in [0.4, 0.5) is 11.4 Å². The summed E-state index contributed by atoms with van der Waals surface area (Å²) in [4.78, 5) is 16.6.